The van der Waals surface area contributed by atoms with Crippen LogP contribution in [0.1, 0.15) is 36.0 Å². The summed E-state index contributed by atoms with van der Waals surface area (Å²) in [5.74, 6) is -0.216. The molecule has 0 aromatic heterocycles. The number of benzene rings is 3. The van der Waals surface area contributed by atoms with E-state index in [4.69, 9.17) is 4.74 Å². The molecule has 1 atom stereocenters. The fraction of sp³-hybridized carbons (Fsp3) is 0.276. The van der Waals surface area contributed by atoms with Crippen LogP contribution < -0.4 is 4.74 Å². The number of rotatable bonds is 7. The van der Waals surface area contributed by atoms with Gasteiger partial charge in [-0.25, -0.2) is 4.39 Å². The number of piperidine rings is 1. The predicted molar refractivity (Wildman–Crippen MR) is 132 cm³/mol. The Bertz CT molecular complexity index is 1150. The fourth-order valence-electron chi connectivity index (χ4n) is 4.53. The third-order valence-electron chi connectivity index (χ3n) is 6.42. The second-order valence-electron chi connectivity index (χ2n) is 8.76. The van der Waals surface area contributed by atoms with Gasteiger partial charge in [0, 0.05) is 6.54 Å². The molecule has 1 amide bonds. The van der Waals surface area contributed by atoms with E-state index in [2.05, 4.69) is 0 Å². The number of β-amino-alcohol motifs (C(OH)–C–C–N with tert-alkyl or cyclic N) is 1. The Balaban J connectivity index is 1.53. The molecule has 3 aromatic carbocycles. The van der Waals surface area contributed by atoms with Crippen LogP contribution in [-0.2, 0) is 16.8 Å². The summed E-state index contributed by atoms with van der Waals surface area (Å²) >= 11 is 0. The fourth-order valence-corrected chi connectivity index (χ4v) is 4.53. The SMILES string of the molecule is COc1ccc(C/C=C(/CC(=O)N2CCCC(O)(c3ccccc3)C2)c2ccccc2)cc1F. The van der Waals surface area contributed by atoms with Crippen LogP contribution in [0.4, 0.5) is 4.39 Å². The number of hydrogen-bond acceptors (Lipinski definition) is 3. The van der Waals surface area contributed by atoms with E-state index in [0.29, 0.717) is 19.4 Å². The van der Waals surface area contributed by atoms with Crippen LogP contribution in [0.3, 0.4) is 0 Å². The number of aliphatic hydroxyl groups is 1. The molecule has 3 aromatic rings. The lowest BCUT2D eigenvalue weighted by Gasteiger charge is -2.39. The molecule has 1 unspecified atom stereocenters. The first-order chi connectivity index (χ1) is 16.5. The van der Waals surface area contributed by atoms with Crippen molar-refractivity contribution in [1.29, 1.82) is 0 Å². The summed E-state index contributed by atoms with van der Waals surface area (Å²) in [6.07, 6.45) is 4.07. The summed E-state index contributed by atoms with van der Waals surface area (Å²) < 4.78 is 19.1. The van der Waals surface area contributed by atoms with Crippen molar-refractivity contribution in [3.63, 3.8) is 0 Å². The maximum atomic E-state index is 14.1. The molecular weight excluding hydrogens is 429 g/mol. The molecule has 5 heteroatoms. The third-order valence-corrected chi connectivity index (χ3v) is 6.42. The number of halogens is 1. The highest BCUT2D eigenvalue weighted by atomic mass is 19.1. The molecular formula is C29H30FNO3. The van der Waals surface area contributed by atoms with E-state index < -0.39 is 11.4 Å². The van der Waals surface area contributed by atoms with E-state index >= 15 is 0 Å². The molecule has 0 saturated carbocycles. The van der Waals surface area contributed by atoms with Crippen LogP contribution >= 0.6 is 0 Å². The molecule has 0 aliphatic carbocycles. The number of likely N-dealkylation sites (tertiary alicyclic amines) is 1. The van der Waals surface area contributed by atoms with Gasteiger partial charge in [-0.15, -0.1) is 0 Å². The average molecular weight is 460 g/mol. The van der Waals surface area contributed by atoms with Gasteiger partial charge in [-0.1, -0.05) is 72.8 Å². The number of amides is 1. The number of nitrogens with zero attached hydrogens (tertiary/aromatic N) is 1. The van der Waals surface area contributed by atoms with Crippen LogP contribution in [-0.4, -0.2) is 36.1 Å². The van der Waals surface area contributed by atoms with Gasteiger partial charge in [0.15, 0.2) is 11.6 Å². The normalized spacial score (nSPS) is 18.6. The van der Waals surface area contributed by atoms with Gasteiger partial charge in [0.2, 0.25) is 5.91 Å². The van der Waals surface area contributed by atoms with Crippen molar-refractivity contribution in [2.45, 2.75) is 31.3 Å². The second kappa shape index (κ2) is 10.7. The maximum Gasteiger partial charge on any atom is 0.227 e. The molecule has 34 heavy (non-hydrogen) atoms. The van der Waals surface area contributed by atoms with Gasteiger partial charge in [-0.3, -0.25) is 4.79 Å². The zero-order valence-corrected chi connectivity index (χ0v) is 19.4. The van der Waals surface area contributed by atoms with Crippen molar-refractivity contribution < 1.29 is 19.0 Å². The van der Waals surface area contributed by atoms with E-state index in [1.165, 1.54) is 13.2 Å². The lowest BCUT2D eigenvalue weighted by atomic mass is 9.85. The molecule has 1 aliphatic heterocycles. The van der Waals surface area contributed by atoms with Crippen molar-refractivity contribution in [3.8, 4) is 5.75 Å². The predicted octanol–water partition coefficient (Wildman–Crippen LogP) is 5.36. The zero-order chi connectivity index (χ0) is 24.0. The minimum atomic E-state index is -1.04. The van der Waals surface area contributed by atoms with E-state index in [1.807, 2.05) is 72.8 Å². The van der Waals surface area contributed by atoms with Crippen LogP contribution in [0.25, 0.3) is 5.57 Å². The molecule has 1 aliphatic rings. The Morgan fingerprint density at radius 2 is 1.79 bits per heavy atom. The summed E-state index contributed by atoms with van der Waals surface area (Å²) in [6.45, 7) is 0.904. The minimum Gasteiger partial charge on any atom is -0.494 e. The minimum absolute atomic E-state index is 0.0231. The average Bonchev–Trinajstić information content (AvgIpc) is 2.87. The van der Waals surface area contributed by atoms with Gasteiger partial charge in [0.25, 0.3) is 0 Å². The van der Waals surface area contributed by atoms with Gasteiger partial charge in [-0.2, -0.15) is 0 Å². The first-order valence-electron chi connectivity index (χ1n) is 11.6. The third kappa shape index (κ3) is 5.54. The molecule has 4 nitrogen and oxygen atoms in total. The van der Waals surface area contributed by atoms with Gasteiger partial charge in [-0.05, 0) is 53.7 Å². The van der Waals surface area contributed by atoms with Crippen LogP contribution in [0.5, 0.6) is 5.75 Å². The monoisotopic (exact) mass is 459 g/mol. The standard InChI is InChI=1S/C29H30FNO3/c1-34-27-16-14-22(19-26(27)30)13-15-24(23-9-4-2-5-10-23)20-28(32)31-18-8-17-29(33,21-31)25-11-6-3-7-12-25/h2-7,9-12,14-16,19,33H,8,13,17-18,20-21H2,1H3/b24-15-. The van der Waals surface area contributed by atoms with Crippen LogP contribution in [0, 0.1) is 5.82 Å². The van der Waals surface area contributed by atoms with Gasteiger partial charge in [0.05, 0.1) is 20.1 Å². The Hall–Kier alpha value is -3.44. The molecule has 0 bridgehead atoms. The quantitative estimate of drug-likeness (QED) is 0.517. The molecule has 1 saturated heterocycles. The summed E-state index contributed by atoms with van der Waals surface area (Å²) in [7, 11) is 1.44. The van der Waals surface area contributed by atoms with Crippen molar-refractivity contribution in [1.82, 2.24) is 4.90 Å². The molecule has 1 fully saturated rings. The second-order valence-corrected chi connectivity index (χ2v) is 8.76. The number of allylic oxidation sites excluding steroid dienone is 1. The summed E-state index contributed by atoms with van der Waals surface area (Å²) in [4.78, 5) is 15.1. The topological polar surface area (TPSA) is 49.8 Å². The number of methoxy groups -OCH3 is 1. The molecule has 1 heterocycles. The van der Waals surface area contributed by atoms with Crippen LogP contribution in [0.2, 0.25) is 0 Å². The molecule has 0 spiro atoms. The van der Waals surface area contributed by atoms with E-state index in [-0.39, 0.29) is 24.6 Å². The van der Waals surface area contributed by atoms with Crippen molar-refractivity contribution in [2.75, 3.05) is 20.2 Å². The lowest BCUT2D eigenvalue weighted by molar-refractivity contribution is -0.137. The number of hydrogen-bond donors (Lipinski definition) is 1. The van der Waals surface area contributed by atoms with Gasteiger partial charge >= 0.3 is 0 Å². The molecule has 4 rings (SSSR count). The van der Waals surface area contributed by atoms with Crippen molar-refractivity contribution in [3.05, 3.63) is 107 Å². The summed E-state index contributed by atoms with van der Waals surface area (Å²) in [6, 6.07) is 24.2. The van der Waals surface area contributed by atoms with E-state index in [0.717, 1.165) is 28.7 Å². The Morgan fingerprint density at radius 3 is 2.47 bits per heavy atom. The van der Waals surface area contributed by atoms with Crippen LogP contribution in [0.15, 0.2) is 84.9 Å². The highest BCUT2D eigenvalue weighted by molar-refractivity contribution is 5.89. The number of carbonyl (C=O) groups excluding carboxylic acids is 1. The Morgan fingerprint density at radius 1 is 1.09 bits per heavy atom. The first kappa shape index (κ1) is 23.7. The van der Waals surface area contributed by atoms with Crippen molar-refractivity contribution >= 4 is 11.5 Å². The molecule has 1 N–H and O–H groups in total. The summed E-state index contributed by atoms with van der Waals surface area (Å²) in [5, 5.41) is 11.3. The number of ether oxygens (including phenoxy) is 1. The molecule has 0 radical (unpaired) electrons. The highest BCUT2D eigenvalue weighted by Gasteiger charge is 2.36. The lowest BCUT2D eigenvalue weighted by Crippen LogP contribution is -2.48. The number of carbonyl (C=O) groups is 1. The maximum absolute atomic E-state index is 14.1. The van der Waals surface area contributed by atoms with E-state index in [1.54, 1.807) is 11.0 Å². The Kier molecular flexibility index (Phi) is 7.43. The summed E-state index contributed by atoms with van der Waals surface area (Å²) in [5.41, 5.74) is 2.45. The highest BCUT2D eigenvalue weighted by Crippen LogP contribution is 2.32. The zero-order valence-electron chi connectivity index (χ0n) is 19.4. The molecule has 176 valence electrons. The van der Waals surface area contributed by atoms with E-state index in [9.17, 15) is 14.3 Å². The van der Waals surface area contributed by atoms with Gasteiger partial charge < -0.3 is 14.7 Å². The Labute approximate surface area is 200 Å². The van der Waals surface area contributed by atoms with Crippen molar-refractivity contribution in [2.24, 2.45) is 0 Å². The van der Waals surface area contributed by atoms with Gasteiger partial charge in [0.1, 0.15) is 5.60 Å². The largest absolute Gasteiger partial charge is 0.494 e. The smallest absolute Gasteiger partial charge is 0.227 e. The first-order valence-corrected chi connectivity index (χ1v) is 11.6.